The highest BCUT2D eigenvalue weighted by Crippen LogP contribution is 2.25. The van der Waals surface area contributed by atoms with E-state index in [-0.39, 0.29) is 16.9 Å². The van der Waals surface area contributed by atoms with E-state index in [2.05, 4.69) is 4.72 Å². The number of benzene rings is 1. The molecule has 0 saturated carbocycles. The van der Waals surface area contributed by atoms with Gasteiger partial charge in [-0.2, -0.15) is 0 Å². The van der Waals surface area contributed by atoms with Crippen molar-refractivity contribution in [2.75, 3.05) is 6.61 Å². The number of aliphatic hydroxyl groups is 1. The maximum absolute atomic E-state index is 12.4. The molecule has 0 spiro atoms. The molecule has 4 nitrogen and oxygen atoms in total. The van der Waals surface area contributed by atoms with E-state index in [1.165, 1.54) is 11.3 Å². The van der Waals surface area contributed by atoms with Crippen LogP contribution in [0.1, 0.15) is 29.0 Å². The van der Waals surface area contributed by atoms with Crippen LogP contribution in [0.25, 0.3) is 0 Å². The van der Waals surface area contributed by atoms with Crippen molar-refractivity contribution >= 4 is 21.4 Å². The van der Waals surface area contributed by atoms with Crippen molar-refractivity contribution in [2.45, 2.75) is 30.5 Å². The third kappa shape index (κ3) is 3.91. The fourth-order valence-corrected chi connectivity index (χ4v) is 4.76. The molecule has 1 heterocycles. The van der Waals surface area contributed by atoms with Gasteiger partial charge in [0.1, 0.15) is 4.21 Å². The number of aliphatic hydroxyl groups excluding tert-OH is 1. The Morgan fingerprint density at radius 1 is 1.24 bits per heavy atom. The van der Waals surface area contributed by atoms with E-state index in [0.29, 0.717) is 6.42 Å². The van der Waals surface area contributed by atoms with E-state index in [4.69, 9.17) is 5.11 Å². The molecule has 21 heavy (non-hydrogen) atoms. The van der Waals surface area contributed by atoms with Gasteiger partial charge in [-0.05, 0) is 37.1 Å². The van der Waals surface area contributed by atoms with Gasteiger partial charge in [-0.3, -0.25) is 0 Å². The molecular formula is C15H19NO3S2. The highest BCUT2D eigenvalue weighted by atomic mass is 32.2. The first kappa shape index (κ1) is 16.2. The van der Waals surface area contributed by atoms with Crippen molar-refractivity contribution in [1.29, 1.82) is 0 Å². The maximum Gasteiger partial charge on any atom is 0.250 e. The average Bonchev–Trinajstić information content (AvgIpc) is 2.88. The first-order valence-corrected chi connectivity index (χ1v) is 9.01. The summed E-state index contributed by atoms with van der Waals surface area (Å²) in [5.74, 6) is 0. The predicted octanol–water partition coefficient (Wildman–Crippen LogP) is 2.63. The smallest absolute Gasteiger partial charge is 0.250 e. The largest absolute Gasteiger partial charge is 0.396 e. The average molecular weight is 325 g/mol. The molecule has 1 aromatic carbocycles. The molecule has 0 amide bonds. The second-order valence-electron chi connectivity index (χ2n) is 4.89. The highest BCUT2D eigenvalue weighted by Gasteiger charge is 2.21. The Kier molecular flexibility index (Phi) is 5.16. The third-order valence-electron chi connectivity index (χ3n) is 3.25. The van der Waals surface area contributed by atoms with Gasteiger partial charge in [-0.15, -0.1) is 11.3 Å². The first-order valence-electron chi connectivity index (χ1n) is 6.71. The third-order valence-corrected chi connectivity index (χ3v) is 6.42. The van der Waals surface area contributed by atoms with E-state index in [1.54, 1.807) is 12.1 Å². The summed E-state index contributed by atoms with van der Waals surface area (Å²) in [7, 11) is -3.54. The van der Waals surface area contributed by atoms with Crippen molar-refractivity contribution in [3.8, 4) is 0 Å². The van der Waals surface area contributed by atoms with Gasteiger partial charge in [0.2, 0.25) is 0 Å². The molecule has 0 radical (unpaired) electrons. The lowest BCUT2D eigenvalue weighted by Gasteiger charge is -2.16. The topological polar surface area (TPSA) is 66.4 Å². The van der Waals surface area contributed by atoms with Gasteiger partial charge in [0, 0.05) is 23.9 Å². The van der Waals surface area contributed by atoms with Crippen LogP contribution in [0.4, 0.5) is 0 Å². The van der Waals surface area contributed by atoms with Crippen molar-refractivity contribution in [1.82, 2.24) is 4.72 Å². The van der Waals surface area contributed by atoms with Gasteiger partial charge in [0.05, 0.1) is 0 Å². The minimum atomic E-state index is -3.54. The quantitative estimate of drug-likeness (QED) is 0.858. The van der Waals surface area contributed by atoms with Crippen molar-refractivity contribution in [3.05, 3.63) is 52.4 Å². The molecular weight excluding hydrogens is 306 g/mol. The van der Waals surface area contributed by atoms with E-state index < -0.39 is 10.0 Å². The van der Waals surface area contributed by atoms with E-state index in [0.717, 1.165) is 16.0 Å². The molecule has 2 N–H and O–H groups in total. The van der Waals surface area contributed by atoms with Crippen LogP contribution in [0.5, 0.6) is 0 Å². The normalized spacial score (nSPS) is 13.3. The Bertz CT molecular complexity index is 707. The Labute approximate surface area is 129 Å². The van der Waals surface area contributed by atoms with Gasteiger partial charge < -0.3 is 5.11 Å². The van der Waals surface area contributed by atoms with Crippen molar-refractivity contribution < 1.29 is 13.5 Å². The summed E-state index contributed by atoms with van der Waals surface area (Å²) in [6.07, 6.45) is 0.480. The molecule has 1 atom stereocenters. The van der Waals surface area contributed by atoms with Gasteiger partial charge in [0.15, 0.2) is 0 Å². The Morgan fingerprint density at radius 3 is 2.62 bits per heavy atom. The fraction of sp³-hybridized carbons (Fsp3) is 0.333. The summed E-state index contributed by atoms with van der Waals surface area (Å²) in [6, 6.07) is 10.8. The van der Waals surface area contributed by atoms with Gasteiger partial charge in [-0.1, -0.05) is 24.3 Å². The molecule has 1 unspecified atom stereocenters. The van der Waals surface area contributed by atoms with E-state index >= 15 is 0 Å². The molecule has 1 aromatic heterocycles. The molecule has 6 heteroatoms. The van der Waals surface area contributed by atoms with Crippen molar-refractivity contribution in [2.24, 2.45) is 0 Å². The number of rotatable bonds is 6. The summed E-state index contributed by atoms with van der Waals surface area (Å²) >= 11 is 1.20. The first-order chi connectivity index (χ1) is 9.94. The second-order valence-corrected chi connectivity index (χ2v) is 8.00. The second kappa shape index (κ2) is 6.70. The minimum absolute atomic E-state index is 0.0209. The van der Waals surface area contributed by atoms with Gasteiger partial charge >= 0.3 is 0 Å². The molecule has 0 aliphatic rings. The minimum Gasteiger partial charge on any atom is -0.396 e. The lowest BCUT2D eigenvalue weighted by atomic mass is 10.0. The van der Waals surface area contributed by atoms with E-state index in [9.17, 15) is 8.42 Å². The van der Waals surface area contributed by atoms with Crippen molar-refractivity contribution in [3.63, 3.8) is 0 Å². The lowest BCUT2D eigenvalue weighted by molar-refractivity contribution is 0.300. The number of hydrogen-bond acceptors (Lipinski definition) is 4. The number of aryl methyl sites for hydroxylation is 1. The monoisotopic (exact) mass is 325 g/mol. The summed E-state index contributed by atoms with van der Waals surface area (Å²) in [4.78, 5) is 0.862. The molecule has 0 saturated heterocycles. The zero-order chi connectivity index (χ0) is 15.5. The highest BCUT2D eigenvalue weighted by molar-refractivity contribution is 7.91. The number of hydrogen-bond donors (Lipinski definition) is 2. The van der Waals surface area contributed by atoms with E-state index in [1.807, 2.05) is 38.1 Å². The molecule has 114 valence electrons. The lowest BCUT2D eigenvalue weighted by Crippen LogP contribution is -2.26. The predicted molar refractivity (Wildman–Crippen MR) is 85.0 cm³/mol. The molecule has 0 bridgehead atoms. The maximum atomic E-state index is 12.4. The fourth-order valence-electron chi connectivity index (χ4n) is 2.17. The van der Waals surface area contributed by atoms with Gasteiger partial charge in [-0.25, -0.2) is 13.1 Å². The zero-order valence-electron chi connectivity index (χ0n) is 12.0. The molecule has 0 fully saturated rings. The molecule has 2 rings (SSSR count). The Hall–Kier alpha value is -1.21. The number of nitrogens with one attached hydrogen (secondary N) is 1. The number of thiophene rings is 1. The van der Waals surface area contributed by atoms with Crippen LogP contribution < -0.4 is 4.72 Å². The van der Waals surface area contributed by atoms with Crippen LogP contribution in [0.2, 0.25) is 0 Å². The number of sulfonamides is 1. The summed E-state index contributed by atoms with van der Waals surface area (Å²) in [5.41, 5.74) is 2.02. The SMILES string of the molecule is Cc1ccccc1C(C)NS(=O)(=O)c1ccc(CCO)s1. The van der Waals surface area contributed by atoms with Crippen LogP contribution in [-0.2, 0) is 16.4 Å². The Morgan fingerprint density at radius 2 is 1.95 bits per heavy atom. The van der Waals surface area contributed by atoms with Gasteiger partial charge in [0.25, 0.3) is 10.0 Å². The molecule has 0 aliphatic carbocycles. The summed E-state index contributed by atoms with van der Waals surface area (Å²) in [5, 5.41) is 8.90. The molecule has 2 aromatic rings. The Balaban J connectivity index is 2.18. The van der Waals surface area contributed by atoms with Crippen LogP contribution in [0, 0.1) is 6.92 Å². The van der Waals surface area contributed by atoms with Crippen LogP contribution >= 0.6 is 11.3 Å². The van der Waals surface area contributed by atoms with Crippen LogP contribution in [-0.4, -0.2) is 20.1 Å². The zero-order valence-corrected chi connectivity index (χ0v) is 13.7. The standard InChI is InChI=1S/C15H19NO3S2/c1-11-5-3-4-6-14(11)12(2)16-21(18,19)15-8-7-13(20-15)9-10-17/h3-8,12,16-17H,9-10H2,1-2H3. The molecule has 0 aliphatic heterocycles. The summed E-state index contributed by atoms with van der Waals surface area (Å²) < 4.78 is 27.8. The summed E-state index contributed by atoms with van der Waals surface area (Å²) in [6.45, 7) is 3.82. The van der Waals surface area contributed by atoms with Crippen LogP contribution in [0.3, 0.4) is 0 Å². The van der Waals surface area contributed by atoms with Crippen LogP contribution in [0.15, 0.2) is 40.6 Å².